The van der Waals surface area contributed by atoms with Gasteiger partial charge in [0.2, 0.25) is 0 Å². The topological polar surface area (TPSA) is 118 Å². The molecule has 8 nitrogen and oxygen atoms in total. The molecule has 3 N–H and O–H groups in total. The van der Waals surface area contributed by atoms with Gasteiger partial charge < -0.3 is 15.7 Å². The van der Waals surface area contributed by atoms with E-state index in [1.54, 1.807) is 54.7 Å². The van der Waals surface area contributed by atoms with Crippen molar-refractivity contribution in [2.24, 2.45) is 0 Å². The van der Waals surface area contributed by atoms with Crippen molar-refractivity contribution >= 4 is 40.7 Å². The molecule has 3 aromatic rings. The molecule has 3 rings (SSSR count). The van der Waals surface area contributed by atoms with Crippen LogP contribution in [-0.2, 0) is 4.79 Å². The molecule has 0 fully saturated rings. The number of hydrogen-bond acceptors (Lipinski definition) is 5. The standard InChI is InChI=1S/C22H20ClN3O5S/c23-18-10-9-17(32-18)22(31)24-13-15(6-11-20(28)29)25-21(30)14-4-7-16(8-5-14)26-12-2-1-3-19(26)27/h1-5,7-10,12,15H,6,11,13H2,(H,24,31)(H,25,30)(H,28,29). The zero-order chi connectivity index (χ0) is 23.1. The predicted molar refractivity (Wildman–Crippen MR) is 122 cm³/mol. The molecule has 32 heavy (non-hydrogen) atoms. The number of carboxylic acid groups (broad SMARTS) is 1. The summed E-state index contributed by atoms with van der Waals surface area (Å²) in [5, 5.41) is 14.5. The maximum Gasteiger partial charge on any atom is 0.303 e. The molecule has 166 valence electrons. The average molecular weight is 474 g/mol. The molecule has 1 unspecified atom stereocenters. The second-order valence-electron chi connectivity index (χ2n) is 6.87. The monoisotopic (exact) mass is 473 g/mol. The average Bonchev–Trinajstić information content (AvgIpc) is 3.22. The van der Waals surface area contributed by atoms with Gasteiger partial charge in [-0.2, -0.15) is 0 Å². The summed E-state index contributed by atoms with van der Waals surface area (Å²) in [6.07, 6.45) is 1.61. The Labute approximate surface area is 192 Å². The molecule has 0 bridgehead atoms. The van der Waals surface area contributed by atoms with Gasteiger partial charge in [-0.15, -0.1) is 11.3 Å². The minimum absolute atomic E-state index is 0.0604. The van der Waals surface area contributed by atoms with E-state index in [4.69, 9.17) is 16.7 Å². The normalized spacial score (nSPS) is 11.5. The summed E-state index contributed by atoms with van der Waals surface area (Å²) in [7, 11) is 0. The maximum atomic E-state index is 12.7. The van der Waals surface area contributed by atoms with Crippen molar-refractivity contribution in [2.45, 2.75) is 18.9 Å². The lowest BCUT2D eigenvalue weighted by atomic mass is 10.1. The fraction of sp³-hybridized carbons (Fsp3) is 0.182. The van der Waals surface area contributed by atoms with Crippen molar-refractivity contribution < 1.29 is 19.5 Å². The van der Waals surface area contributed by atoms with Gasteiger partial charge >= 0.3 is 5.97 Å². The zero-order valence-electron chi connectivity index (χ0n) is 16.8. The molecule has 0 radical (unpaired) electrons. The Morgan fingerprint density at radius 1 is 1.03 bits per heavy atom. The highest BCUT2D eigenvalue weighted by Gasteiger charge is 2.17. The summed E-state index contributed by atoms with van der Waals surface area (Å²) in [5.41, 5.74) is 0.757. The van der Waals surface area contributed by atoms with Crippen LogP contribution in [-0.4, -0.2) is 40.0 Å². The van der Waals surface area contributed by atoms with E-state index in [1.807, 2.05) is 0 Å². The molecule has 0 aliphatic carbocycles. The van der Waals surface area contributed by atoms with Crippen LogP contribution < -0.4 is 16.2 Å². The highest BCUT2D eigenvalue weighted by Crippen LogP contribution is 2.21. The van der Waals surface area contributed by atoms with E-state index in [-0.39, 0.29) is 30.9 Å². The molecule has 0 aliphatic heterocycles. The molecule has 1 atom stereocenters. The minimum atomic E-state index is -1.00. The molecular formula is C22H20ClN3O5S. The Morgan fingerprint density at radius 3 is 2.41 bits per heavy atom. The molecule has 0 saturated carbocycles. The summed E-state index contributed by atoms with van der Waals surface area (Å²) in [4.78, 5) is 48.3. The number of carbonyl (C=O) groups excluding carboxylic acids is 2. The third-order valence-corrected chi connectivity index (χ3v) is 5.81. The Hall–Kier alpha value is -3.43. The second-order valence-corrected chi connectivity index (χ2v) is 8.59. The van der Waals surface area contributed by atoms with Crippen LogP contribution in [0.5, 0.6) is 0 Å². The Kier molecular flexibility index (Phi) is 7.80. The number of aromatic nitrogens is 1. The van der Waals surface area contributed by atoms with Crippen LogP contribution in [0.3, 0.4) is 0 Å². The molecule has 1 aromatic carbocycles. The fourth-order valence-corrected chi connectivity index (χ4v) is 3.90. The van der Waals surface area contributed by atoms with Crippen LogP contribution >= 0.6 is 22.9 Å². The number of amides is 2. The van der Waals surface area contributed by atoms with Gasteiger partial charge in [0, 0.05) is 42.5 Å². The lowest BCUT2D eigenvalue weighted by Crippen LogP contribution is -2.43. The van der Waals surface area contributed by atoms with Crippen molar-refractivity contribution in [3.05, 3.63) is 85.9 Å². The number of nitrogens with one attached hydrogen (secondary N) is 2. The third-order valence-electron chi connectivity index (χ3n) is 4.58. The summed E-state index contributed by atoms with van der Waals surface area (Å²) in [6, 6.07) is 13.9. The predicted octanol–water partition coefficient (Wildman–Crippen LogP) is 2.95. The van der Waals surface area contributed by atoms with Gasteiger partial charge in [-0.05, 0) is 48.9 Å². The van der Waals surface area contributed by atoms with Crippen molar-refractivity contribution in [3.63, 3.8) is 0 Å². The number of nitrogens with zero attached hydrogens (tertiary/aromatic N) is 1. The van der Waals surface area contributed by atoms with Gasteiger partial charge in [-0.3, -0.25) is 23.7 Å². The second kappa shape index (κ2) is 10.7. The molecule has 2 heterocycles. The van der Waals surface area contributed by atoms with E-state index in [0.717, 1.165) is 11.3 Å². The van der Waals surface area contributed by atoms with Crippen LogP contribution in [0.2, 0.25) is 4.34 Å². The maximum absolute atomic E-state index is 12.7. The molecule has 0 spiro atoms. The van der Waals surface area contributed by atoms with Crippen LogP contribution in [0, 0.1) is 0 Å². The van der Waals surface area contributed by atoms with Gasteiger partial charge in [-0.1, -0.05) is 17.7 Å². The van der Waals surface area contributed by atoms with Crippen LogP contribution in [0.4, 0.5) is 0 Å². The number of aliphatic carboxylic acids is 1. The van der Waals surface area contributed by atoms with Crippen molar-refractivity contribution in [2.75, 3.05) is 6.54 Å². The summed E-state index contributed by atoms with van der Waals surface area (Å²) >= 11 is 6.97. The van der Waals surface area contributed by atoms with E-state index < -0.39 is 17.9 Å². The molecular weight excluding hydrogens is 454 g/mol. The van der Waals surface area contributed by atoms with Gasteiger partial charge in [0.25, 0.3) is 17.4 Å². The summed E-state index contributed by atoms with van der Waals surface area (Å²) < 4.78 is 1.93. The first-order valence-electron chi connectivity index (χ1n) is 9.68. The number of thiophene rings is 1. The van der Waals surface area contributed by atoms with Crippen molar-refractivity contribution in [1.82, 2.24) is 15.2 Å². The van der Waals surface area contributed by atoms with E-state index >= 15 is 0 Å². The SMILES string of the molecule is O=C(O)CCC(CNC(=O)c1ccc(Cl)s1)NC(=O)c1ccc(-n2ccccc2=O)cc1. The molecule has 2 amide bonds. The highest BCUT2D eigenvalue weighted by molar-refractivity contribution is 7.18. The molecule has 2 aromatic heterocycles. The van der Waals surface area contributed by atoms with Crippen molar-refractivity contribution in [3.8, 4) is 5.69 Å². The Morgan fingerprint density at radius 2 is 1.78 bits per heavy atom. The Bertz CT molecular complexity index is 1170. The molecule has 10 heteroatoms. The highest BCUT2D eigenvalue weighted by atomic mass is 35.5. The van der Waals surface area contributed by atoms with Crippen LogP contribution in [0.15, 0.2) is 65.6 Å². The van der Waals surface area contributed by atoms with E-state index in [0.29, 0.717) is 20.5 Å². The fourth-order valence-electron chi connectivity index (χ4n) is 2.95. The quantitative estimate of drug-likeness (QED) is 0.441. The first-order chi connectivity index (χ1) is 15.3. The minimum Gasteiger partial charge on any atom is -0.481 e. The van der Waals surface area contributed by atoms with Gasteiger partial charge in [0.1, 0.15) is 0 Å². The number of halogens is 1. The smallest absolute Gasteiger partial charge is 0.303 e. The van der Waals surface area contributed by atoms with Gasteiger partial charge in [0.15, 0.2) is 0 Å². The molecule has 0 saturated heterocycles. The van der Waals surface area contributed by atoms with Crippen LogP contribution in [0.1, 0.15) is 32.9 Å². The number of carboxylic acids is 1. The van der Waals surface area contributed by atoms with Crippen LogP contribution in [0.25, 0.3) is 5.69 Å². The van der Waals surface area contributed by atoms with E-state index in [2.05, 4.69) is 10.6 Å². The zero-order valence-corrected chi connectivity index (χ0v) is 18.4. The molecule has 0 aliphatic rings. The number of carbonyl (C=O) groups is 3. The first kappa shape index (κ1) is 23.2. The van der Waals surface area contributed by atoms with E-state index in [1.165, 1.54) is 10.6 Å². The van der Waals surface area contributed by atoms with E-state index in [9.17, 15) is 19.2 Å². The number of rotatable bonds is 9. The number of benzene rings is 1. The lowest BCUT2D eigenvalue weighted by molar-refractivity contribution is -0.137. The van der Waals surface area contributed by atoms with Crippen molar-refractivity contribution in [1.29, 1.82) is 0 Å². The third kappa shape index (κ3) is 6.29. The summed E-state index contributed by atoms with van der Waals surface area (Å²) in [6.45, 7) is 0.0604. The largest absolute Gasteiger partial charge is 0.481 e. The van der Waals surface area contributed by atoms with Gasteiger partial charge in [-0.25, -0.2) is 0 Å². The van der Waals surface area contributed by atoms with Gasteiger partial charge in [0.05, 0.1) is 9.21 Å². The lowest BCUT2D eigenvalue weighted by Gasteiger charge is -2.19. The first-order valence-corrected chi connectivity index (χ1v) is 10.9. The summed E-state index contributed by atoms with van der Waals surface area (Å²) in [5.74, 6) is -1.77. The number of hydrogen-bond donors (Lipinski definition) is 3. The number of pyridine rings is 1. The Balaban J connectivity index is 1.66.